The van der Waals surface area contributed by atoms with Gasteiger partial charge in [0.05, 0.1) is 26.1 Å². The van der Waals surface area contributed by atoms with Crippen LogP contribution in [0.15, 0.2) is 137 Å². The molecule has 0 spiro atoms. The third-order valence-electron chi connectivity index (χ3n) is 12.4. The van der Waals surface area contributed by atoms with Gasteiger partial charge in [-0.3, -0.25) is 13.7 Å². The highest BCUT2D eigenvalue weighted by atomic mass is 32.2. The number of nitrogens with one attached hydrogen (secondary N) is 2. The second kappa shape index (κ2) is 25.3. The molecule has 0 saturated heterocycles. The lowest BCUT2D eigenvalue weighted by atomic mass is 10.1. The summed E-state index contributed by atoms with van der Waals surface area (Å²) in [7, 11) is -13.7. The van der Waals surface area contributed by atoms with Crippen molar-refractivity contribution >= 4 is 121 Å². The average Bonchev–Trinajstić information content (AvgIpc) is 4.16. The lowest BCUT2D eigenvalue weighted by Gasteiger charge is -2.22. The van der Waals surface area contributed by atoms with Gasteiger partial charge in [0.25, 0.3) is 30.4 Å². The quantitative estimate of drug-likeness (QED) is 0.0239. The van der Waals surface area contributed by atoms with Gasteiger partial charge in [0.15, 0.2) is 15.2 Å². The Kier molecular flexibility index (Phi) is 18.5. The molecule has 0 radical (unpaired) electrons. The van der Waals surface area contributed by atoms with Gasteiger partial charge in [-0.2, -0.15) is 59.5 Å². The van der Waals surface area contributed by atoms with Gasteiger partial charge >= 0.3 is 0 Å². The summed E-state index contributed by atoms with van der Waals surface area (Å²) in [6.45, 7) is 13.6. The van der Waals surface area contributed by atoms with Gasteiger partial charge in [-0.15, -0.1) is 20.5 Å². The van der Waals surface area contributed by atoms with E-state index in [0.29, 0.717) is 54.2 Å². The van der Waals surface area contributed by atoms with E-state index in [1.54, 1.807) is 30.3 Å². The first kappa shape index (κ1) is 59.9. The molecular formula is C52H49N15O9S6. The van der Waals surface area contributed by atoms with Crippen molar-refractivity contribution in [1.82, 2.24) is 23.7 Å². The minimum atomic E-state index is -4.59. The van der Waals surface area contributed by atoms with Gasteiger partial charge < -0.3 is 20.4 Å². The zero-order valence-corrected chi connectivity index (χ0v) is 49.2. The summed E-state index contributed by atoms with van der Waals surface area (Å²) in [5.74, 6) is 0.132. The summed E-state index contributed by atoms with van der Waals surface area (Å²) in [5.41, 5.74) is 4.74. The summed E-state index contributed by atoms with van der Waals surface area (Å²) in [6.07, 6.45) is 0. The lowest BCUT2D eigenvalue weighted by Crippen LogP contribution is -2.21. The van der Waals surface area contributed by atoms with Crippen LogP contribution < -0.4 is 20.4 Å². The summed E-state index contributed by atoms with van der Waals surface area (Å²) < 4.78 is 111. The van der Waals surface area contributed by atoms with Crippen molar-refractivity contribution in [2.45, 2.75) is 67.1 Å². The van der Waals surface area contributed by atoms with Crippen LogP contribution in [0.25, 0.3) is 22.5 Å². The smallest absolute Gasteiger partial charge is 0.294 e. The molecule has 5 aromatic carbocycles. The third kappa shape index (κ3) is 13.9. The number of nitrogens with zero attached hydrogens (tertiary/aromatic N) is 13. The van der Waals surface area contributed by atoms with Crippen LogP contribution in [0.5, 0.6) is 0 Å². The van der Waals surface area contributed by atoms with Crippen LogP contribution >= 0.6 is 34.8 Å². The lowest BCUT2D eigenvalue weighted by molar-refractivity contribution is 0.480. The SMILES string of the molecule is CCN(CC)c1ccc(N=Nc2snc(-c3ccc(C)c(S(=O)(=O)O)c3)c2C#N)c(Nc2nc(Nc3cc(N(CC)CC)ccc3N=Nc3snc(-c4ccc(C)c(S(=O)(=O)O)c4)c3C#N)nc(SCc3cccc(S(=O)(=O)O)c3)n2)c1. The Morgan fingerprint density at radius 2 is 1.02 bits per heavy atom. The number of aromatic nitrogens is 5. The van der Waals surface area contributed by atoms with Gasteiger partial charge in [0.1, 0.15) is 46.0 Å². The van der Waals surface area contributed by atoms with E-state index in [2.05, 4.69) is 61.8 Å². The number of nitriles is 2. The number of azo groups is 2. The molecule has 0 aliphatic carbocycles. The highest BCUT2D eigenvalue weighted by Gasteiger charge is 2.23. The molecule has 8 rings (SSSR count). The number of hydrogen-bond acceptors (Lipinski definition) is 24. The molecule has 0 unspecified atom stereocenters. The van der Waals surface area contributed by atoms with E-state index in [1.165, 1.54) is 56.3 Å². The molecule has 0 amide bonds. The second-order valence-electron chi connectivity index (χ2n) is 17.6. The van der Waals surface area contributed by atoms with Gasteiger partial charge in [0, 0.05) is 54.4 Å². The van der Waals surface area contributed by atoms with Crippen LogP contribution in [0, 0.1) is 36.5 Å². The third-order valence-corrected chi connectivity index (χ3v) is 17.7. The minimum absolute atomic E-state index is 0.00109. The van der Waals surface area contributed by atoms with Gasteiger partial charge in [0.2, 0.25) is 11.9 Å². The fraction of sp³-hybridized carbons (Fsp3) is 0.212. The monoisotopic (exact) mass is 1220 g/mol. The van der Waals surface area contributed by atoms with Crippen molar-refractivity contribution < 1.29 is 38.9 Å². The standard InChI is InChI=1S/C52H49N15O9S6/c1-7-66(8-2)35-18-20-40(60-62-48-38(27-53)46(64-78-48)33-16-14-30(5)44(23-33)81(71,72)73)42(25-35)55-50-57-51(59-52(58-50)77-29-32-12-11-13-37(22-32)80(68,69)70)56-43-26-36(67(9-3)10-4)19-21-41(43)61-63-49-39(28-54)47(65-79-49)34-17-15-31(6)45(24-34)82(74,75)76/h11-26H,7-10,29H2,1-6H3,(H,68,69,70)(H,71,72,73)(H,74,75,76)(H2,55,56,57,58,59). The molecule has 0 bridgehead atoms. The van der Waals surface area contributed by atoms with Crippen LogP contribution in [-0.2, 0) is 36.1 Å². The minimum Gasteiger partial charge on any atom is -0.372 e. The second-order valence-corrected chi connectivity index (χ2v) is 24.3. The molecule has 8 aromatic rings. The highest BCUT2D eigenvalue weighted by molar-refractivity contribution is 7.98. The Balaban J connectivity index is 1.21. The van der Waals surface area contributed by atoms with Crippen molar-refractivity contribution in [2.24, 2.45) is 20.5 Å². The van der Waals surface area contributed by atoms with Gasteiger partial charge in [-0.05, 0) is 142 Å². The van der Waals surface area contributed by atoms with Crippen LogP contribution in [0.3, 0.4) is 0 Å². The van der Waals surface area contributed by atoms with Crippen LogP contribution in [0.1, 0.15) is 55.5 Å². The molecule has 3 aromatic heterocycles. The summed E-state index contributed by atoms with van der Waals surface area (Å²) in [4.78, 5) is 17.5. The Morgan fingerprint density at radius 3 is 1.43 bits per heavy atom. The van der Waals surface area contributed by atoms with Crippen molar-refractivity contribution in [3.63, 3.8) is 0 Å². The normalized spacial score (nSPS) is 11.9. The molecular weight excluding hydrogens is 1170 g/mol. The maximum absolute atomic E-state index is 12.2. The van der Waals surface area contributed by atoms with Crippen molar-refractivity contribution in [3.8, 4) is 34.7 Å². The fourth-order valence-electron chi connectivity index (χ4n) is 8.26. The molecule has 422 valence electrons. The fourth-order valence-corrected chi connectivity index (χ4v) is 12.5. The molecule has 3 heterocycles. The van der Waals surface area contributed by atoms with Gasteiger partial charge in [-0.1, -0.05) is 48.2 Å². The molecule has 0 atom stereocenters. The Bertz CT molecular complexity index is 4020. The first-order chi connectivity index (χ1) is 39.0. The summed E-state index contributed by atoms with van der Waals surface area (Å²) in [6, 6.07) is 29.3. The van der Waals surface area contributed by atoms with E-state index in [0.717, 1.165) is 46.2 Å². The predicted octanol–water partition coefficient (Wildman–Crippen LogP) is 12.5. The topological polar surface area (TPSA) is 355 Å². The van der Waals surface area contributed by atoms with E-state index in [4.69, 9.17) is 15.0 Å². The first-order valence-electron chi connectivity index (χ1n) is 24.6. The molecule has 82 heavy (non-hydrogen) atoms. The number of aryl methyl sites for hydroxylation is 2. The van der Waals surface area contributed by atoms with Crippen LogP contribution in [0.4, 0.5) is 56.0 Å². The molecule has 0 aliphatic heterocycles. The maximum Gasteiger partial charge on any atom is 0.294 e. The largest absolute Gasteiger partial charge is 0.372 e. The van der Waals surface area contributed by atoms with Crippen molar-refractivity contribution in [2.75, 3.05) is 46.6 Å². The Labute approximate surface area is 485 Å². The van der Waals surface area contributed by atoms with E-state index < -0.39 is 30.4 Å². The number of hydrogen-bond donors (Lipinski definition) is 5. The van der Waals surface area contributed by atoms with Crippen LogP contribution in [0.2, 0.25) is 0 Å². The number of rotatable bonds is 22. The highest BCUT2D eigenvalue weighted by Crippen LogP contribution is 2.41. The maximum atomic E-state index is 12.2. The van der Waals surface area contributed by atoms with Crippen molar-refractivity contribution in [3.05, 3.63) is 125 Å². The molecule has 0 saturated carbocycles. The molecule has 5 N–H and O–H groups in total. The number of thioether (sulfide) groups is 1. The number of anilines is 6. The zero-order chi connectivity index (χ0) is 59.1. The first-order valence-corrected chi connectivity index (χ1v) is 31.5. The number of benzene rings is 5. The Hall–Kier alpha value is -8.17. The summed E-state index contributed by atoms with van der Waals surface area (Å²) >= 11 is 2.84. The predicted molar refractivity (Wildman–Crippen MR) is 314 cm³/mol. The Morgan fingerprint density at radius 1 is 0.573 bits per heavy atom. The van der Waals surface area contributed by atoms with E-state index in [1.807, 2.05) is 52.0 Å². The molecule has 24 nitrogen and oxygen atoms in total. The zero-order valence-electron chi connectivity index (χ0n) is 44.3. The van der Waals surface area contributed by atoms with Crippen LogP contribution in [-0.4, -0.2) is 88.8 Å². The van der Waals surface area contributed by atoms with Crippen molar-refractivity contribution in [1.29, 1.82) is 10.5 Å². The average molecular weight is 1220 g/mol. The van der Waals surface area contributed by atoms with Gasteiger partial charge in [-0.25, -0.2) is 0 Å². The van der Waals surface area contributed by atoms with E-state index >= 15 is 0 Å². The van der Waals surface area contributed by atoms with E-state index in [-0.39, 0.29) is 92.5 Å². The van der Waals surface area contributed by atoms with E-state index in [9.17, 15) is 49.4 Å². The molecule has 30 heteroatoms. The molecule has 0 aliphatic rings. The molecule has 0 fully saturated rings. The summed E-state index contributed by atoms with van der Waals surface area (Å²) in [5, 5.41) is 45.6.